The maximum Gasteiger partial charge on any atom is 0.146 e. The fourth-order valence-electron chi connectivity index (χ4n) is 1.93. The minimum Gasteiger partial charge on any atom is -0.491 e. The molecular formula is C14H21NO3. The highest BCUT2D eigenvalue weighted by atomic mass is 16.5. The minimum atomic E-state index is 0.103. The molecule has 1 fully saturated rings. The average molecular weight is 251 g/mol. The lowest BCUT2D eigenvalue weighted by atomic mass is 10.1. The number of hydrogen-bond acceptors (Lipinski definition) is 4. The first kappa shape index (κ1) is 13.0. The lowest BCUT2D eigenvalue weighted by Gasteiger charge is -2.16. The van der Waals surface area contributed by atoms with Crippen molar-refractivity contribution < 1.29 is 14.2 Å². The first-order valence-corrected chi connectivity index (χ1v) is 6.42. The van der Waals surface area contributed by atoms with Gasteiger partial charge in [-0.05, 0) is 32.4 Å². The van der Waals surface area contributed by atoms with Crippen LogP contribution in [0.3, 0.4) is 0 Å². The molecular weight excluding hydrogens is 230 g/mol. The van der Waals surface area contributed by atoms with Gasteiger partial charge < -0.3 is 19.9 Å². The highest BCUT2D eigenvalue weighted by Gasteiger charge is 2.17. The molecule has 1 aromatic carbocycles. The van der Waals surface area contributed by atoms with E-state index in [9.17, 15) is 0 Å². The molecule has 0 bridgehead atoms. The number of para-hydroxylation sites is 1. The molecule has 4 nitrogen and oxygen atoms in total. The predicted octanol–water partition coefficient (Wildman–Crippen LogP) is 2.47. The van der Waals surface area contributed by atoms with Crippen LogP contribution >= 0.6 is 0 Å². The molecule has 1 saturated heterocycles. The summed E-state index contributed by atoms with van der Waals surface area (Å²) in [7, 11) is 0. The molecule has 100 valence electrons. The van der Waals surface area contributed by atoms with Crippen molar-refractivity contribution in [2.75, 3.05) is 25.6 Å². The van der Waals surface area contributed by atoms with Gasteiger partial charge in [0.05, 0.1) is 19.3 Å². The Labute approximate surface area is 108 Å². The number of hydrogen-bond donors (Lipinski definition) is 1. The monoisotopic (exact) mass is 251 g/mol. The van der Waals surface area contributed by atoms with Gasteiger partial charge >= 0.3 is 0 Å². The van der Waals surface area contributed by atoms with Gasteiger partial charge in [0, 0.05) is 12.5 Å². The third-order valence-corrected chi connectivity index (χ3v) is 2.89. The van der Waals surface area contributed by atoms with E-state index >= 15 is 0 Å². The van der Waals surface area contributed by atoms with Gasteiger partial charge in [-0.1, -0.05) is 6.07 Å². The van der Waals surface area contributed by atoms with Crippen molar-refractivity contribution in [3.8, 4) is 11.5 Å². The number of benzene rings is 1. The Morgan fingerprint density at radius 1 is 1.39 bits per heavy atom. The number of rotatable bonds is 5. The first-order chi connectivity index (χ1) is 8.66. The van der Waals surface area contributed by atoms with Gasteiger partial charge in [0.2, 0.25) is 0 Å². The number of ether oxygens (including phenoxy) is 3. The van der Waals surface area contributed by atoms with Crippen LogP contribution < -0.4 is 15.2 Å². The fourth-order valence-corrected chi connectivity index (χ4v) is 1.93. The van der Waals surface area contributed by atoms with E-state index in [4.69, 9.17) is 19.9 Å². The Balaban J connectivity index is 1.98. The summed E-state index contributed by atoms with van der Waals surface area (Å²) >= 11 is 0. The van der Waals surface area contributed by atoms with E-state index in [1.807, 2.05) is 32.0 Å². The number of nitrogens with two attached hydrogens (primary N) is 1. The summed E-state index contributed by atoms with van der Waals surface area (Å²) in [6.07, 6.45) is 1.16. The first-order valence-electron chi connectivity index (χ1n) is 6.42. The summed E-state index contributed by atoms with van der Waals surface area (Å²) in [5.74, 6) is 1.85. The normalized spacial score (nSPS) is 19.2. The zero-order chi connectivity index (χ0) is 13.0. The predicted molar refractivity (Wildman–Crippen MR) is 71.0 cm³/mol. The maximum absolute atomic E-state index is 6.04. The largest absolute Gasteiger partial charge is 0.491 e. The Kier molecular flexibility index (Phi) is 4.31. The highest BCUT2D eigenvalue weighted by molar-refractivity contribution is 5.62. The Hall–Kier alpha value is -1.42. The van der Waals surface area contributed by atoms with Gasteiger partial charge in [-0.15, -0.1) is 0 Å². The van der Waals surface area contributed by atoms with Crippen molar-refractivity contribution in [3.05, 3.63) is 18.2 Å². The second-order valence-corrected chi connectivity index (χ2v) is 4.88. The van der Waals surface area contributed by atoms with E-state index in [-0.39, 0.29) is 6.10 Å². The SMILES string of the molecule is CC(C)Oc1cccc(OCC2CCOC2)c1N. The van der Waals surface area contributed by atoms with Crippen molar-refractivity contribution in [2.45, 2.75) is 26.4 Å². The Morgan fingerprint density at radius 2 is 2.17 bits per heavy atom. The lowest BCUT2D eigenvalue weighted by Crippen LogP contribution is -2.13. The van der Waals surface area contributed by atoms with Crippen LogP contribution in [0.5, 0.6) is 11.5 Å². The molecule has 1 aromatic rings. The molecule has 1 aliphatic heterocycles. The van der Waals surface area contributed by atoms with Gasteiger partial charge in [0.15, 0.2) is 0 Å². The van der Waals surface area contributed by atoms with Gasteiger partial charge in [0.1, 0.15) is 17.2 Å². The van der Waals surface area contributed by atoms with Crippen LogP contribution in [0.1, 0.15) is 20.3 Å². The van der Waals surface area contributed by atoms with Crippen molar-refractivity contribution in [1.29, 1.82) is 0 Å². The second kappa shape index (κ2) is 5.96. The van der Waals surface area contributed by atoms with E-state index in [1.165, 1.54) is 0 Å². The number of anilines is 1. The van der Waals surface area contributed by atoms with Gasteiger partial charge in [-0.2, -0.15) is 0 Å². The van der Waals surface area contributed by atoms with Crippen LogP contribution in [0, 0.1) is 5.92 Å². The van der Waals surface area contributed by atoms with Crippen molar-refractivity contribution >= 4 is 5.69 Å². The molecule has 0 saturated carbocycles. The summed E-state index contributed by atoms with van der Waals surface area (Å²) in [4.78, 5) is 0. The molecule has 0 spiro atoms. The van der Waals surface area contributed by atoms with Crippen LogP contribution in [-0.4, -0.2) is 25.9 Å². The molecule has 18 heavy (non-hydrogen) atoms. The second-order valence-electron chi connectivity index (χ2n) is 4.88. The zero-order valence-electron chi connectivity index (χ0n) is 11.0. The van der Waals surface area contributed by atoms with E-state index in [1.54, 1.807) is 0 Å². The molecule has 1 aliphatic rings. The topological polar surface area (TPSA) is 53.7 Å². The molecule has 0 amide bonds. The van der Waals surface area contributed by atoms with Crippen LogP contribution in [-0.2, 0) is 4.74 Å². The molecule has 2 N–H and O–H groups in total. The third-order valence-electron chi connectivity index (χ3n) is 2.89. The summed E-state index contributed by atoms with van der Waals surface area (Å²) < 4.78 is 16.7. The van der Waals surface area contributed by atoms with Crippen LogP contribution in [0.25, 0.3) is 0 Å². The molecule has 0 aromatic heterocycles. The van der Waals surface area contributed by atoms with Crippen molar-refractivity contribution in [3.63, 3.8) is 0 Å². The summed E-state index contributed by atoms with van der Waals surface area (Å²) in [5.41, 5.74) is 6.61. The van der Waals surface area contributed by atoms with Crippen LogP contribution in [0.2, 0.25) is 0 Å². The standard InChI is InChI=1S/C14H21NO3/c1-10(2)18-13-5-3-4-12(14(13)15)17-9-11-6-7-16-8-11/h3-5,10-11H,6-9,15H2,1-2H3. The molecule has 1 unspecified atom stereocenters. The lowest BCUT2D eigenvalue weighted by molar-refractivity contribution is 0.167. The van der Waals surface area contributed by atoms with Gasteiger partial charge in [0.25, 0.3) is 0 Å². The summed E-state index contributed by atoms with van der Waals surface area (Å²) in [5, 5.41) is 0. The quantitative estimate of drug-likeness (QED) is 0.817. The zero-order valence-corrected chi connectivity index (χ0v) is 11.0. The average Bonchev–Trinajstić information content (AvgIpc) is 2.83. The molecule has 1 atom stereocenters. The Morgan fingerprint density at radius 3 is 2.83 bits per heavy atom. The van der Waals surface area contributed by atoms with E-state index < -0.39 is 0 Å². The smallest absolute Gasteiger partial charge is 0.146 e. The van der Waals surface area contributed by atoms with Gasteiger partial charge in [-0.3, -0.25) is 0 Å². The molecule has 1 heterocycles. The summed E-state index contributed by atoms with van der Waals surface area (Å²) in [6, 6.07) is 5.63. The number of nitrogen functional groups attached to an aromatic ring is 1. The maximum atomic E-state index is 6.04. The minimum absolute atomic E-state index is 0.103. The van der Waals surface area contributed by atoms with Crippen LogP contribution in [0.15, 0.2) is 18.2 Å². The van der Waals surface area contributed by atoms with Gasteiger partial charge in [-0.25, -0.2) is 0 Å². The molecule has 0 radical (unpaired) electrons. The molecule has 0 aliphatic carbocycles. The van der Waals surface area contributed by atoms with E-state index in [0.29, 0.717) is 29.7 Å². The van der Waals surface area contributed by atoms with E-state index in [0.717, 1.165) is 19.6 Å². The Bertz CT molecular complexity index is 387. The van der Waals surface area contributed by atoms with Crippen molar-refractivity contribution in [1.82, 2.24) is 0 Å². The summed E-state index contributed by atoms with van der Waals surface area (Å²) in [6.45, 7) is 6.21. The molecule has 4 heteroatoms. The van der Waals surface area contributed by atoms with Crippen molar-refractivity contribution in [2.24, 2.45) is 5.92 Å². The van der Waals surface area contributed by atoms with Crippen LogP contribution in [0.4, 0.5) is 5.69 Å². The fraction of sp³-hybridized carbons (Fsp3) is 0.571. The van der Waals surface area contributed by atoms with E-state index in [2.05, 4.69) is 0 Å². The molecule has 2 rings (SSSR count). The highest BCUT2D eigenvalue weighted by Crippen LogP contribution is 2.32. The third kappa shape index (κ3) is 3.29.